The van der Waals surface area contributed by atoms with Gasteiger partial charge in [-0.15, -0.1) is 0 Å². The van der Waals surface area contributed by atoms with Crippen molar-refractivity contribution in [2.24, 2.45) is 5.92 Å². The lowest BCUT2D eigenvalue weighted by atomic mass is 9.96. The molecule has 4 nitrogen and oxygen atoms in total. The van der Waals surface area contributed by atoms with E-state index in [1.165, 1.54) is 11.1 Å². The first-order valence-electron chi connectivity index (χ1n) is 8.90. The molecule has 0 bridgehead atoms. The first kappa shape index (κ1) is 18.4. The highest BCUT2D eigenvalue weighted by atomic mass is 32.1. The van der Waals surface area contributed by atoms with E-state index in [1.54, 1.807) is 7.11 Å². The summed E-state index contributed by atoms with van der Waals surface area (Å²) < 4.78 is 8.03. The number of H-pyrrole nitrogens is 1. The lowest BCUT2D eigenvalue weighted by Crippen LogP contribution is -2.08. The summed E-state index contributed by atoms with van der Waals surface area (Å²) in [5.41, 5.74) is 3.47. The van der Waals surface area contributed by atoms with Crippen molar-refractivity contribution in [2.45, 2.75) is 33.1 Å². The van der Waals surface area contributed by atoms with Gasteiger partial charge in [0.2, 0.25) is 0 Å². The SMILES string of the molecule is COc1ccccc1-n1c([C@H](C)c2ccc(CC(C)C)cc2)n[nH]c1=S. The third kappa shape index (κ3) is 3.73. The number of ether oxygens (including phenoxy) is 1. The molecule has 5 heteroatoms. The second-order valence-corrected chi connectivity index (χ2v) is 7.34. The number of benzene rings is 2. The molecule has 1 atom stereocenters. The lowest BCUT2D eigenvalue weighted by Gasteiger charge is -2.16. The minimum Gasteiger partial charge on any atom is -0.495 e. The molecule has 26 heavy (non-hydrogen) atoms. The van der Waals surface area contributed by atoms with Crippen LogP contribution in [0.5, 0.6) is 5.75 Å². The number of methoxy groups -OCH3 is 1. The first-order valence-corrected chi connectivity index (χ1v) is 9.31. The molecular weight excluding hydrogens is 342 g/mol. The van der Waals surface area contributed by atoms with Crippen molar-refractivity contribution < 1.29 is 4.74 Å². The number of nitrogens with one attached hydrogen (secondary N) is 1. The maximum absolute atomic E-state index is 5.51. The number of hydrogen-bond acceptors (Lipinski definition) is 3. The second kappa shape index (κ2) is 7.87. The van der Waals surface area contributed by atoms with Crippen molar-refractivity contribution in [1.82, 2.24) is 14.8 Å². The topological polar surface area (TPSA) is 42.8 Å². The van der Waals surface area contributed by atoms with Crippen molar-refractivity contribution in [3.63, 3.8) is 0 Å². The van der Waals surface area contributed by atoms with Gasteiger partial charge in [-0.2, -0.15) is 5.10 Å². The standard InChI is InChI=1S/C21H25N3OS/c1-14(2)13-16-9-11-17(12-10-16)15(3)20-22-23-21(26)24(20)18-7-5-6-8-19(18)25-4/h5-12,14-15H,13H2,1-4H3,(H,23,26)/t15-/m1/s1. The van der Waals surface area contributed by atoms with E-state index in [0.29, 0.717) is 10.7 Å². The molecule has 1 aromatic heterocycles. The Morgan fingerprint density at radius 1 is 1.08 bits per heavy atom. The van der Waals surface area contributed by atoms with Crippen molar-refractivity contribution in [1.29, 1.82) is 0 Å². The Balaban J connectivity index is 1.99. The molecule has 3 aromatic rings. The molecule has 0 aliphatic carbocycles. The predicted octanol–water partition coefficient (Wildman–Crippen LogP) is 5.29. The molecule has 3 rings (SSSR count). The summed E-state index contributed by atoms with van der Waals surface area (Å²) in [6.07, 6.45) is 1.09. The van der Waals surface area contributed by atoms with Gasteiger partial charge in [-0.25, -0.2) is 0 Å². The zero-order valence-electron chi connectivity index (χ0n) is 15.7. The zero-order valence-corrected chi connectivity index (χ0v) is 16.5. The van der Waals surface area contributed by atoms with Gasteiger partial charge in [0.05, 0.1) is 12.8 Å². The first-order chi connectivity index (χ1) is 12.5. The summed E-state index contributed by atoms with van der Waals surface area (Å²) in [4.78, 5) is 0. The van der Waals surface area contributed by atoms with Crippen molar-refractivity contribution in [3.05, 3.63) is 70.3 Å². The van der Waals surface area contributed by atoms with Gasteiger partial charge >= 0.3 is 0 Å². The van der Waals surface area contributed by atoms with E-state index in [1.807, 2.05) is 28.8 Å². The maximum Gasteiger partial charge on any atom is 0.200 e. The predicted molar refractivity (Wildman–Crippen MR) is 108 cm³/mol. The Morgan fingerprint density at radius 2 is 1.77 bits per heavy atom. The van der Waals surface area contributed by atoms with Crippen LogP contribution in [-0.4, -0.2) is 21.9 Å². The van der Waals surface area contributed by atoms with Crippen LogP contribution in [0.25, 0.3) is 5.69 Å². The fourth-order valence-corrected chi connectivity index (χ4v) is 3.45. The van der Waals surface area contributed by atoms with Crippen LogP contribution in [0.3, 0.4) is 0 Å². The molecule has 136 valence electrons. The van der Waals surface area contributed by atoms with Gasteiger partial charge in [-0.1, -0.05) is 57.2 Å². The Hall–Kier alpha value is -2.40. The molecule has 2 aromatic carbocycles. The number of nitrogens with zero attached hydrogens (tertiary/aromatic N) is 2. The smallest absolute Gasteiger partial charge is 0.200 e. The van der Waals surface area contributed by atoms with Crippen molar-refractivity contribution in [3.8, 4) is 11.4 Å². The quantitative estimate of drug-likeness (QED) is 0.602. The molecule has 0 unspecified atom stereocenters. The van der Waals surface area contributed by atoms with Crippen molar-refractivity contribution in [2.75, 3.05) is 7.11 Å². The minimum atomic E-state index is 0.0981. The molecule has 0 amide bonds. The van der Waals surface area contributed by atoms with Crippen LogP contribution in [0, 0.1) is 10.7 Å². The normalized spacial score (nSPS) is 12.3. The molecule has 0 saturated heterocycles. The Morgan fingerprint density at radius 3 is 2.42 bits per heavy atom. The molecule has 0 fully saturated rings. The third-order valence-electron chi connectivity index (χ3n) is 4.54. The van der Waals surface area contributed by atoms with Gasteiger partial charge < -0.3 is 4.74 Å². The number of aromatic nitrogens is 3. The average Bonchev–Trinajstić information content (AvgIpc) is 3.02. The molecule has 0 spiro atoms. The third-order valence-corrected chi connectivity index (χ3v) is 4.81. The van der Waals surface area contributed by atoms with Gasteiger partial charge in [-0.3, -0.25) is 9.67 Å². The van der Waals surface area contributed by atoms with Crippen LogP contribution in [-0.2, 0) is 6.42 Å². The van der Waals surface area contributed by atoms with Gasteiger partial charge in [0, 0.05) is 5.92 Å². The minimum absolute atomic E-state index is 0.0981. The fraction of sp³-hybridized carbons (Fsp3) is 0.333. The Bertz CT molecular complexity index is 925. The van der Waals surface area contributed by atoms with E-state index >= 15 is 0 Å². The van der Waals surface area contributed by atoms with E-state index in [9.17, 15) is 0 Å². The summed E-state index contributed by atoms with van der Waals surface area (Å²) >= 11 is 5.49. The highest BCUT2D eigenvalue weighted by molar-refractivity contribution is 7.71. The number of aromatic amines is 1. The van der Waals surface area contributed by atoms with Gasteiger partial charge in [0.1, 0.15) is 11.6 Å². The number of para-hydroxylation sites is 2. The monoisotopic (exact) mass is 367 g/mol. The molecule has 0 saturated carbocycles. The summed E-state index contributed by atoms with van der Waals surface area (Å²) in [6, 6.07) is 16.6. The summed E-state index contributed by atoms with van der Waals surface area (Å²) in [5, 5.41) is 7.44. The fourth-order valence-electron chi connectivity index (χ4n) is 3.21. The van der Waals surface area contributed by atoms with Crippen LogP contribution in [0.15, 0.2) is 48.5 Å². The van der Waals surface area contributed by atoms with E-state index in [0.717, 1.165) is 23.7 Å². The molecule has 0 radical (unpaired) electrons. The van der Waals surface area contributed by atoms with E-state index in [4.69, 9.17) is 17.0 Å². The molecular formula is C21H25N3OS. The van der Waals surface area contributed by atoms with E-state index in [2.05, 4.69) is 55.2 Å². The largest absolute Gasteiger partial charge is 0.495 e. The van der Waals surface area contributed by atoms with Gasteiger partial charge in [0.25, 0.3) is 0 Å². The lowest BCUT2D eigenvalue weighted by molar-refractivity contribution is 0.412. The van der Waals surface area contributed by atoms with Crippen molar-refractivity contribution >= 4 is 12.2 Å². The summed E-state index contributed by atoms with van der Waals surface area (Å²) in [6.45, 7) is 6.62. The second-order valence-electron chi connectivity index (χ2n) is 6.96. The number of rotatable bonds is 6. The van der Waals surface area contributed by atoms with Crippen LogP contribution in [0.1, 0.15) is 43.6 Å². The Labute approximate surface area is 159 Å². The number of hydrogen-bond donors (Lipinski definition) is 1. The Kier molecular flexibility index (Phi) is 5.57. The van der Waals surface area contributed by atoms with E-state index in [-0.39, 0.29) is 5.92 Å². The molecule has 1 N–H and O–H groups in total. The summed E-state index contributed by atoms with van der Waals surface area (Å²) in [5.74, 6) is 2.39. The molecule has 0 aliphatic rings. The molecule has 1 heterocycles. The zero-order chi connectivity index (χ0) is 18.7. The maximum atomic E-state index is 5.51. The van der Waals surface area contributed by atoms with Crippen LogP contribution in [0.4, 0.5) is 0 Å². The van der Waals surface area contributed by atoms with Crippen LogP contribution < -0.4 is 4.74 Å². The van der Waals surface area contributed by atoms with Gasteiger partial charge in [0.15, 0.2) is 4.77 Å². The highest BCUT2D eigenvalue weighted by Crippen LogP contribution is 2.29. The highest BCUT2D eigenvalue weighted by Gasteiger charge is 2.19. The van der Waals surface area contributed by atoms with Crippen LogP contribution >= 0.6 is 12.2 Å². The average molecular weight is 368 g/mol. The summed E-state index contributed by atoms with van der Waals surface area (Å²) in [7, 11) is 1.67. The molecule has 0 aliphatic heterocycles. The van der Waals surface area contributed by atoms with Crippen LogP contribution in [0.2, 0.25) is 0 Å². The van der Waals surface area contributed by atoms with E-state index < -0.39 is 0 Å². The van der Waals surface area contributed by atoms with Gasteiger partial charge in [-0.05, 0) is 47.8 Å².